The Kier molecular flexibility index (Phi) is 6.30. The van der Waals surface area contributed by atoms with Crippen LogP contribution in [0.1, 0.15) is 85.5 Å². The Hall–Kier alpha value is -1.33. The quantitative estimate of drug-likeness (QED) is 0.198. The van der Waals surface area contributed by atoms with Gasteiger partial charge in [-0.25, -0.2) is 0 Å². The van der Waals surface area contributed by atoms with E-state index in [1.54, 1.807) is 0 Å². The van der Waals surface area contributed by atoms with E-state index in [4.69, 9.17) is 14.5 Å². The molecule has 0 aromatic carbocycles. The molecule has 0 amide bonds. The average Bonchev–Trinajstić information content (AvgIpc) is 3.03. The van der Waals surface area contributed by atoms with Crippen molar-refractivity contribution in [3.05, 3.63) is 24.0 Å². The molecule has 1 N–H and O–H groups in total. The summed E-state index contributed by atoms with van der Waals surface area (Å²) in [6.07, 6.45) is 10.4. The summed E-state index contributed by atoms with van der Waals surface area (Å²) in [6.45, 7) is 12.2. The van der Waals surface area contributed by atoms with Gasteiger partial charge in [0.1, 0.15) is 18.0 Å². The van der Waals surface area contributed by atoms with Crippen molar-refractivity contribution in [3.63, 3.8) is 0 Å². The zero-order chi connectivity index (χ0) is 22.4. The summed E-state index contributed by atoms with van der Waals surface area (Å²) in [4.78, 5) is 22.8. The molecule has 5 heteroatoms. The monoisotopic (exact) mass is 432 g/mol. The van der Waals surface area contributed by atoms with Crippen LogP contribution in [0.4, 0.5) is 0 Å². The molecule has 4 aliphatic rings. The van der Waals surface area contributed by atoms with Gasteiger partial charge in [-0.1, -0.05) is 39.0 Å². The standard InChI is InChI=1S/C26H40O5/c1-6-7-16(2)30-31-19-10-12-25(4)18(14-19)15-22(28)24-20-8-9-23(29-17(3)27)26(20,5)13-11-21(24)25/h15,19-24,28H,2,6-14H2,1,3-5H3/t19-,20?,21?,22?,23-,24?,25-,26-/m0/s1. The van der Waals surface area contributed by atoms with Crippen LogP contribution in [0.15, 0.2) is 24.0 Å². The molecule has 0 radical (unpaired) electrons. The van der Waals surface area contributed by atoms with Gasteiger partial charge in [-0.3, -0.25) is 4.79 Å². The van der Waals surface area contributed by atoms with Gasteiger partial charge in [-0.2, -0.15) is 4.89 Å². The number of carbonyl (C=O) groups excluding carboxylic acids is 1. The Bertz CT molecular complexity index is 744. The fourth-order valence-corrected chi connectivity index (χ4v) is 7.50. The van der Waals surface area contributed by atoms with Gasteiger partial charge in [0.15, 0.2) is 0 Å². The summed E-state index contributed by atoms with van der Waals surface area (Å²) in [6, 6.07) is 0. The fraction of sp³-hybridized carbons (Fsp3) is 0.808. The third kappa shape index (κ3) is 3.97. The lowest BCUT2D eigenvalue weighted by Gasteiger charge is -2.58. The fourth-order valence-electron chi connectivity index (χ4n) is 7.50. The molecule has 4 unspecified atom stereocenters. The van der Waals surface area contributed by atoms with Crippen molar-refractivity contribution in [1.82, 2.24) is 0 Å². The van der Waals surface area contributed by atoms with E-state index in [-0.39, 0.29) is 34.9 Å². The van der Waals surface area contributed by atoms with Crippen molar-refractivity contribution in [2.24, 2.45) is 28.6 Å². The van der Waals surface area contributed by atoms with Crippen LogP contribution >= 0.6 is 0 Å². The van der Waals surface area contributed by atoms with Crippen molar-refractivity contribution in [2.45, 2.75) is 104 Å². The summed E-state index contributed by atoms with van der Waals surface area (Å²) in [5.41, 5.74) is 1.41. The number of hydrogen-bond acceptors (Lipinski definition) is 5. The van der Waals surface area contributed by atoms with E-state index in [0.29, 0.717) is 17.6 Å². The molecular formula is C26H40O5. The van der Waals surface area contributed by atoms with Crippen molar-refractivity contribution in [3.8, 4) is 0 Å². The minimum absolute atomic E-state index is 0.0150. The van der Waals surface area contributed by atoms with Crippen molar-refractivity contribution >= 4 is 5.97 Å². The zero-order valence-corrected chi connectivity index (χ0v) is 19.7. The van der Waals surface area contributed by atoms with Gasteiger partial charge in [-0.15, -0.1) is 0 Å². The lowest BCUT2D eigenvalue weighted by molar-refractivity contribution is -0.301. The molecule has 0 aromatic heterocycles. The predicted molar refractivity (Wildman–Crippen MR) is 119 cm³/mol. The molecule has 174 valence electrons. The first-order valence-electron chi connectivity index (χ1n) is 12.3. The molecule has 4 rings (SSSR count). The number of ether oxygens (including phenoxy) is 1. The SMILES string of the molecule is C=C(CCC)OO[C@H]1CC[C@@]2(C)C(=CC(O)C3C2CC[C@@]2(C)C3CC[C@@H]2OC(C)=O)C1. The molecule has 0 bridgehead atoms. The molecule has 0 aliphatic heterocycles. The Morgan fingerprint density at radius 2 is 1.97 bits per heavy atom. The third-order valence-corrected chi connectivity index (χ3v) is 9.14. The van der Waals surface area contributed by atoms with Crippen LogP contribution in [0.25, 0.3) is 0 Å². The largest absolute Gasteiger partial charge is 0.462 e. The molecule has 5 nitrogen and oxygen atoms in total. The minimum Gasteiger partial charge on any atom is -0.462 e. The molecule has 3 saturated carbocycles. The molecule has 31 heavy (non-hydrogen) atoms. The first-order chi connectivity index (χ1) is 14.7. The van der Waals surface area contributed by atoms with Crippen LogP contribution in [0, 0.1) is 28.6 Å². The number of carbonyl (C=O) groups is 1. The first kappa shape index (κ1) is 22.8. The number of esters is 1. The molecule has 0 saturated heterocycles. The molecule has 0 aromatic rings. The van der Waals surface area contributed by atoms with Gasteiger partial charge in [-0.05, 0) is 74.5 Å². The number of rotatable bonds is 6. The second-order valence-corrected chi connectivity index (χ2v) is 10.9. The second kappa shape index (κ2) is 8.55. The summed E-state index contributed by atoms with van der Waals surface area (Å²) in [5.74, 6) is 1.60. The number of aliphatic hydroxyl groups is 1. The van der Waals surface area contributed by atoms with Gasteiger partial charge >= 0.3 is 5.97 Å². The van der Waals surface area contributed by atoms with Crippen LogP contribution in [-0.2, 0) is 19.3 Å². The topological polar surface area (TPSA) is 65.0 Å². The summed E-state index contributed by atoms with van der Waals surface area (Å²) >= 11 is 0. The highest BCUT2D eigenvalue weighted by Crippen LogP contribution is 2.65. The van der Waals surface area contributed by atoms with E-state index in [1.165, 1.54) is 12.5 Å². The highest BCUT2D eigenvalue weighted by Gasteiger charge is 2.61. The number of allylic oxidation sites excluding steroid dienone is 1. The second-order valence-electron chi connectivity index (χ2n) is 10.9. The van der Waals surface area contributed by atoms with E-state index in [1.807, 2.05) is 0 Å². The average molecular weight is 433 g/mol. The van der Waals surface area contributed by atoms with Crippen LogP contribution in [0.3, 0.4) is 0 Å². The van der Waals surface area contributed by atoms with E-state index in [9.17, 15) is 9.90 Å². The maximum Gasteiger partial charge on any atom is 0.302 e. The van der Waals surface area contributed by atoms with Gasteiger partial charge < -0.3 is 14.7 Å². The van der Waals surface area contributed by atoms with Crippen molar-refractivity contribution in [2.75, 3.05) is 0 Å². The van der Waals surface area contributed by atoms with Gasteiger partial charge in [0, 0.05) is 18.8 Å². The summed E-state index contributed by atoms with van der Waals surface area (Å²) in [5, 5.41) is 11.3. The Balaban J connectivity index is 1.50. The molecule has 8 atom stereocenters. The lowest BCUT2D eigenvalue weighted by atomic mass is 9.47. The molecule has 0 spiro atoms. The highest BCUT2D eigenvalue weighted by molar-refractivity contribution is 5.66. The van der Waals surface area contributed by atoms with Crippen LogP contribution in [0.5, 0.6) is 0 Å². The maximum absolute atomic E-state index is 11.7. The molecular weight excluding hydrogens is 392 g/mol. The van der Waals surface area contributed by atoms with Crippen LogP contribution < -0.4 is 0 Å². The van der Waals surface area contributed by atoms with Gasteiger partial charge in [0.05, 0.1) is 6.10 Å². The van der Waals surface area contributed by atoms with E-state index < -0.39 is 6.10 Å². The minimum atomic E-state index is -0.441. The summed E-state index contributed by atoms with van der Waals surface area (Å²) < 4.78 is 5.73. The summed E-state index contributed by atoms with van der Waals surface area (Å²) in [7, 11) is 0. The van der Waals surface area contributed by atoms with E-state index in [0.717, 1.165) is 57.8 Å². The third-order valence-electron chi connectivity index (χ3n) is 9.14. The van der Waals surface area contributed by atoms with Crippen molar-refractivity contribution in [1.29, 1.82) is 0 Å². The Morgan fingerprint density at radius 3 is 2.68 bits per heavy atom. The predicted octanol–water partition coefficient (Wildman–Crippen LogP) is 5.48. The first-order valence-corrected chi connectivity index (χ1v) is 12.3. The molecule has 0 heterocycles. The van der Waals surface area contributed by atoms with E-state index in [2.05, 4.69) is 33.4 Å². The van der Waals surface area contributed by atoms with Gasteiger partial charge in [0.2, 0.25) is 0 Å². The van der Waals surface area contributed by atoms with Crippen molar-refractivity contribution < 1.29 is 24.4 Å². The van der Waals surface area contributed by atoms with E-state index >= 15 is 0 Å². The van der Waals surface area contributed by atoms with Crippen LogP contribution in [-0.4, -0.2) is 29.4 Å². The Labute approximate surface area is 187 Å². The number of aliphatic hydroxyl groups excluding tert-OH is 1. The Morgan fingerprint density at radius 1 is 1.19 bits per heavy atom. The van der Waals surface area contributed by atoms with Gasteiger partial charge in [0.25, 0.3) is 0 Å². The highest BCUT2D eigenvalue weighted by atomic mass is 17.2. The molecule has 3 fully saturated rings. The lowest BCUT2D eigenvalue weighted by Crippen LogP contribution is -2.55. The van der Waals surface area contributed by atoms with Crippen LogP contribution in [0.2, 0.25) is 0 Å². The normalized spacial score (nSPS) is 43.8. The molecule has 4 aliphatic carbocycles. The smallest absolute Gasteiger partial charge is 0.302 e. The zero-order valence-electron chi connectivity index (χ0n) is 19.7. The number of fused-ring (bicyclic) bond motifs is 5. The number of hydrogen-bond donors (Lipinski definition) is 1. The maximum atomic E-state index is 11.7.